The molecule has 1 aromatic rings. The number of phenols is 2. The highest BCUT2D eigenvalue weighted by molar-refractivity contribution is 5.54. The van der Waals surface area contributed by atoms with E-state index in [2.05, 4.69) is 0 Å². The fraction of sp³-hybridized carbons (Fsp3) is 0.565. The summed E-state index contributed by atoms with van der Waals surface area (Å²) in [4.78, 5) is 0. The van der Waals surface area contributed by atoms with Gasteiger partial charge in [-0.15, -0.1) is 0 Å². The fourth-order valence-corrected chi connectivity index (χ4v) is 5.16. The Labute approximate surface area is 199 Å². The summed E-state index contributed by atoms with van der Waals surface area (Å²) in [6.45, 7) is -0.949. The molecular weight excluding hydrogens is 468 g/mol. The highest BCUT2D eigenvalue weighted by Crippen LogP contribution is 2.60. The van der Waals surface area contributed by atoms with Crippen molar-refractivity contribution in [1.29, 1.82) is 0 Å². The Balaban J connectivity index is 1.31. The zero-order valence-corrected chi connectivity index (χ0v) is 18.4. The first-order valence-corrected chi connectivity index (χ1v) is 11.2. The SMILES string of the molecule is OC[C@H]1O[C@@H](O[C@@H]2OC=C[C@H]3[C@H](O/C=C/c4ccc(O)c(O)c4)[C@@H]4O[C@@]4(CO)[C@@H]23)[C@H](O)[C@@H](O)[C@@H]1O. The van der Waals surface area contributed by atoms with E-state index in [9.17, 15) is 35.7 Å². The van der Waals surface area contributed by atoms with Crippen LogP contribution >= 0.6 is 0 Å². The minimum absolute atomic E-state index is 0.237. The maximum atomic E-state index is 10.3. The van der Waals surface area contributed by atoms with Gasteiger partial charge in [0.2, 0.25) is 6.29 Å². The first-order chi connectivity index (χ1) is 16.8. The number of phenolic OH excluding ortho intramolecular Hbond substituents is 2. The van der Waals surface area contributed by atoms with E-state index in [1.54, 1.807) is 18.2 Å². The summed E-state index contributed by atoms with van der Waals surface area (Å²) in [6, 6.07) is 4.32. The molecule has 5 rings (SSSR count). The van der Waals surface area contributed by atoms with Crippen molar-refractivity contribution in [3.8, 4) is 11.5 Å². The zero-order chi connectivity index (χ0) is 24.9. The van der Waals surface area contributed by atoms with Crippen LogP contribution in [0.5, 0.6) is 11.5 Å². The van der Waals surface area contributed by atoms with Crippen LogP contribution in [0.4, 0.5) is 0 Å². The number of aromatic hydroxyl groups is 2. The van der Waals surface area contributed by atoms with Gasteiger partial charge in [0, 0.05) is 5.92 Å². The molecule has 0 radical (unpaired) electrons. The summed E-state index contributed by atoms with van der Waals surface area (Å²) in [7, 11) is 0. The first-order valence-electron chi connectivity index (χ1n) is 11.2. The van der Waals surface area contributed by atoms with Crippen molar-refractivity contribution < 1.29 is 59.4 Å². The highest BCUT2D eigenvalue weighted by Gasteiger charge is 2.77. The van der Waals surface area contributed by atoms with Crippen molar-refractivity contribution in [2.75, 3.05) is 13.2 Å². The summed E-state index contributed by atoms with van der Waals surface area (Å²) in [5, 5.41) is 69.0. The number of aliphatic hydroxyl groups excluding tert-OH is 5. The quantitative estimate of drug-likeness (QED) is 0.132. The molecule has 1 saturated carbocycles. The molecule has 3 aliphatic heterocycles. The van der Waals surface area contributed by atoms with Crippen LogP contribution in [0.3, 0.4) is 0 Å². The second-order valence-electron chi connectivity index (χ2n) is 9.07. The molecule has 0 spiro atoms. The van der Waals surface area contributed by atoms with Gasteiger partial charge in [0.15, 0.2) is 17.8 Å². The summed E-state index contributed by atoms with van der Waals surface area (Å²) >= 11 is 0. The van der Waals surface area contributed by atoms with Gasteiger partial charge in [-0.3, -0.25) is 0 Å². The van der Waals surface area contributed by atoms with Crippen molar-refractivity contribution in [2.45, 2.75) is 54.8 Å². The molecule has 3 fully saturated rings. The van der Waals surface area contributed by atoms with E-state index in [1.165, 1.54) is 24.7 Å². The van der Waals surface area contributed by atoms with Crippen molar-refractivity contribution in [1.82, 2.24) is 0 Å². The third kappa shape index (κ3) is 4.05. The van der Waals surface area contributed by atoms with Crippen molar-refractivity contribution in [2.24, 2.45) is 11.8 Å². The van der Waals surface area contributed by atoms with Crippen LogP contribution in [0.1, 0.15) is 5.56 Å². The lowest BCUT2D eigenvalue weighted by atomic mass is 9.85. The number of rotatable bonds is 7. The molecule has 1 aliphatic carbocycles. The number of fused-ring (bicyclic) bond motifs is 3. The predicted molar refractivity (Wildman–Crippen MR) is 114 cm³/mol. The van der Waals surface area contributed by atoms with Gasteiger partial charge < -0.3 is 59.4 Å². The topological polar surface area (TPSA) is 191 Å². The van der Waals surface area contributed by atoms with Gasteiger partial charge in [0.25, 0.3) is 0 Å². The number of hydrogen-bond acceptors (Lipinski definition) is 12. The van der Waals surface area contributed by atoms with Gasteiger partial charge in [-0.2, -0.15) is 0 Å². The normalized spacial score (nSPS) is 44.0. The van der Waals surface area contributed by atoms with Crippen molar-refractivity contribution >= 4 is 6.08 Å². The number of benzene rings is 1. The third-order valence-corrected chi connectivity index (χ3v) is 7.09. The number of ether oxygens (including phenoxy) is 5. The van der Waals surface area contributed by atoms with Gasteiger partial charge in [0.05, 0.1) is 31.7 Å². The second-order valence-corrected chi connectivity index (χ2v) is 9.07. The van der Waals surface area contributed by atoms with Crippen LogP contribution < -0.4 is 0 Å². The number of epoxide rings is 1. The standard InChI is InChI=1S/C23H28O12/c24-8-14-16(28)17(29)18(30)22(33-14)34-21-15-11(4-6-32-21)19(20-23(15,9-25)35-20)31-5-3-10-1-2-12(26)13(27)7-10/h1-7,11,14-22,24-30H,8-9H2/b5-3+/t11-,14-,15-,16-,17+,18-,19+,20+,21+,22+,23+/m1/s1. The average Bonchev–Trinajstić information content (AvgIpc) is 3.53. The van der Waals surface area contributed by atoms with E-state index in [0.29, 0.717) is 5.56 Å². The van der Waals surface area contributed by atoms with E-state index in [0.717, 1.165) is 0 Å². The van der Waals surface area contributed by atoms with Gasteiger partial charge in [0.1, 0.15) is 42.2 Å². The molecule has 4 aliphatic rings. The summed E-state index contributed by atoms with van der Waals surface area (Å²) in [5.41, 5.74) is -0.435. The molecule has 12 nitrogen and oxygen atoms in total. The van der Waals surface area contributed by atoms with E-state index in [1.807, 2.05) is 0 Å². The molecule has 35 heavy (non-hydrogen) atoms. The monoisotopic (exact) mass is 496 g/mol. The maximum Gasteiger partial charge on any atom is 0.208 e. The summed E-state index contributed by atoms with van der Waals surface area (Å²) in [6.07, 6.45) is -3.17. The van der Waals surface area contributed by atoms with Crippen LogP contribution in [0, 0.1) is 11.8 Å². The number of hydrogen-bond donors (Lipinski definition) is 7. The van der Waals surface area contributed by atoms with E-state index >= 15 is 0 Å². The molecule has 1 aromatic carbocycles. The lowest BCUT2D eigenvalue weighted by Gasteiger charge is -2.43. The molecule has 0 bridgehead atoms. The van der Waals surface area contributed by atoms with Crippen LogP contribution in [0.15, 0.2) is 36.8 Å². The van der Waals surface area contributed by atoms with E-state index in [4.69, 9.17) is 23.7 Å². The smallest absolute Gasteiger partial charge is 0.208 e. The Hall–Kier alpha value is -2.42. The average molecular weight is 496 g/mol. The van der Waals surface area contributed by atoms with Gasteiger partial charge in [-0.25, -0.2) is 0 Å². The first kappa shape index (κ1) is 24.3. The Bertz CT molecular complexity index is 981. The van der Waals surface area contributed by atoms with Crippen LogP contribution in [-0.4, -0.2) is 104 Å². The second kappa shape index (κ2) is 9.22. The molecule has 0 unspecified atom stereocenters. The molecule has 3 heterocycles. The van der Waals surface area contributed by atoms with Crippen LogP contribution in [0.2, 0.25) is 0 Å². The third-order valence-electron chi connectivity index (χ3n) is 7.09. The van der Waals surface area contributed by atoms with Gasteiger partial charge in [-0.1, -0.05) is 6.07 Å². The minimum atomic E-state index is -1.61. The van der Waals surface area contributed by atoms with E-state index in [-0.39, 0.29) is 24.0 Å². The molecule has 12 heteroatoms. The van der Waals surface area contributed by atoms with E-state index < -0.39 is 67.3 Å². The van der Waals surface area contributed by atoms with Crippen molar-refractivity contribution in [3.63, 3.8) is 0 Å². The Morgan fingerprint density at radius 2 is 1.80 bits per heavy atom. The maximum absolute atomic E-state index is 10.3. The largest absolute Gasteiger partial charge is 0.504 e. The molecule has 7 N–H and O–H groups in total. The summed E-state index contributed by atoms with van der Waals surface area (Å²) < 4.78 is 28.7. The Kier molecular flexibility index (Phi) is 6.40. The van der Waals surface area contributed by atoms with Crippen LogP contribution in [-0.2, 0) is 23.7 Å². The molecule has 0 aromatic heterocycles. The Morgan fingerprint density at radius 1 is 1.00 bits per heavy atom. The zero-order valence-electron chi connectivity index (χ0n) is 18.4. The lowest BCUT2D eigenvalue weighted by Crippen LogP contribution is -2.60. The molecule has 0 amide bonds. The number of aliphatic hydroxyl groups is 5. The fourth-order valence-electron chi connectivity index (χ4n) is 5.16. The Morgan fingerprint density at radius 3 is 2.51 bits per heavy atom. The molecule has 192 valence electrons. The van der Waals surface area contributed by atoms with Crippen molar-refractivity contribution in [3.05, 3.63) is 42.4 Å². The van der Waals surface area contributed by atoms with Crippen LogP contribution in [0.25, 0.3) is 6.08 Å². The molecule has 2 saturated heterocycles. The molecular formula is C23H28O12. The van der Waals surface area contributed by atoms with Gasteiger partial charge >= 0.3 is 0 Å². The highest BCUT2D eigenvalue weighted by atomic mass is 16.8. The molecule has 11 atom stereocenters. The van der Waals surface area contributed by atoms with Gasteiger partial charge in [-0.05, 0) is 29.8 Å². The predicted octanol–water partition coefficient (Wildman–Crippen LogP) is -1.48. The summed E-state index contributed by atoms with van der Waals surface area (Å²) in [5.74, 6) is -1.38. The lowest BCUT2D eigenvalue weighted by molar-refractivity contribution is -0.344. The minimum Gasteiger partial charge on any atom is -0.504 e.